The molecule has 1 aromatic carbocycles. The van der Waals surface area contributed by atoms with Crippen molar-refractivity contribution < 1.29 is 9.84 Å². The van der Waals surface area contributed by atoms with Gasteiger partial charge in [-0.15, -0.1) is 0 Å². The number of H-pyrrole nitrogens is 1. The molecular weight excluding hydrogens is 484 g/mol. The summed E-state index contributed by atoms with van der Waals surface area (Å²) in [6.45, 7) is 12.3. The first-order valence-electron chi connectivity index (χ1n) is 11.5. The molecule has 0 bridgehead atoms. The average molecular weight is 517 g/mol. The van der Waals surface area contributed by atoms with Crippen molar-refractivity contribution in [3.05, 3.63) is 67.2 Å². The fourth-order valence-electron chi connectivity index (χ4n) is 4.66. The van der Waals surface area contributed by atoms with Crippen molar-refractivity contribution in [2.75, 3.05) is 26.3 Å². The minimum atomic E-state index is -0.913. The number of benzene rings is 1. The first kappa shape index (κ1) is 24.2. The number of rotatable bonds is 7. The van der Waals surface area contributed by atoms with Crippen molar-refractivity contribution in [1.29, 1.82) is 0 Å². The number of fused-ring (bicyclic) bond motifs is 1. The smallest absolute Gasteiger partial charge is 0.252 e. The Morgan fingerprint density at radius 1 is 1.21 bits per heavy atom. The number of aliphatic hydroxyl groups is 1. The number of nitrogens with zero attached hydrogens (tertiary/aromatic N) is 2. The molecule has 0 amide bonds. The van der Waals surface area contributed by atoms with E-state index in [2.05, 4.69) is 68.7 Å². The quantitative estimate of drug-likeness (QED) is 0.414. The van der Waals surface area contributed by atoms with Gasteiger partial charge in [-0.05, 0) is 57.0 Å². The molecule has 1 aliphatic rings. The second-order valence-electron chi connectivity index (χ2n) is 9.16. The predicted molar refractivity (Wildman–Crippen MR) is 134 cm³/mol. The largest absolute Gasteiger partial charge is 0.379 e. The van der Waals surface area contributed by atoms with Crippen LogP contribution in [0.3, 0.4) is 0 Å². The van der Waals surface area contributed by atoms with Gasteiger partial charge in [0, 0.05) is 65.1 Å². The molecule has 3 N–H and O–H groups in total. The van der Waals surface area contributed by atoms with Crippen molar-refractivity contribution in [3.63, 3.8) is 0 Å². The predicted octanol–water partition coefficient (Wildman–Crippen LogP) is 3.90. The number of pyridine rings is 1. The summed E-state index contributed by atoms with van der Waals surface area (Å²) in [5, 5.41) is 15.4. The molecule has 0 saturated carbocycles. The molecule has 0 radical (unpaired) electrons. The molecule has 7 nitrogen and oxygen atoms in total. The van der Waals surface area contributed by atoms with Crippen LogP contribution < -0.4 is 10.9 Å². The number of aliphatic hydroxyl groups excluding tert-OH is 1. The number of hydrogen-bond donors (Lipinski definition) is 3. The lowest BCUT2D eigenvalue weighted by Crippen LogP contribution is -2.37. The molecule has 3 heterocycles. The Balaban J connectivity index is 1.61. The summed E-state index contributed by atoms with van der Waals surface area (Å²) in [7, 11) is 0. The van der Waals surface area contributed by atoms with E-state index in [1.54, 1.807) is 0 Å². The molecular formula is C25H33BrN4O3. The molecule has 1 unspecified atom stereocenters. The highest BCUT2D eigenvalue weighted by molar-refractivity contribution is 9.10. The van der Waals surface area contributed by atoms with E-state index in [1.807, 2.05) is 19.1 Å². The first-order chi connectivity index (χ1) is 15.7. The lowest BCUT2D eigenvalue weighted by atomic mass is 10.0. The Bertz CT molecular complexity index is 1190. The molecule has 2 aromatic heterocycles. The number of halogens is 1. The highest BCUT2D eigenvalue weighted by atomic mass is 79.9. The van der Waals surface area contributed by atoms with Gasteiger partial charge in [-0.3, -0.25) is 15.0 Å². The van der Waals surface area contributed by atoms with Crippen LogP contribution in [-0.2, 0) is 17.8 Å². The van der Waals surface area contributed by atoms with Gasteiger partial charge in [-0.25, -0.2) is 0 Å². The van der Waals surface area contributed by atoms with Crippen LogP contribution >= 0.6 is 15.9 Å². The van der Waals surface area contributed by atoms with Gasteiger partial charge in [0.2, 0.25) is 0 Å². The van der Waals surface area contributed by atoms with E-state index in [1.165, 1.54) is 0 Å². The van der Waals surface area contributed by atoms with Crippen molar-refractivity contribution in [2.45, 2.75) is 53.1 Å². The van der Waals surface area contributed by atoms with Crippen molar-refractivity contribution >= 4 is 26.8 Å². The fourth-order valence-corrected chi connectivity index (χ4v) is 5.12. The molecule has 33 heavy (non-hydrogen) atoms. The Morgan fingerprint density at radius 3 is 2.64 bits per heavy atom. The van der Waals surface area contributed by atoms with Gasteiger partial charge in [0.05, 0.1) is 18.7 Å². The van der Waals surface area contributed by atoms with Crippen LogP contribution in [0.4, 0.5) is 0 Å². The van der Waals surface area contributed by atoms with E-state index in [9.17, 15) is 9.90 Å². The number of hydrogen-bond acceptors (Lipinski definition) is 5. The van der Waals surface area contributed by atoms with Crippen LogP contribution in [-0.4, -0.2) is 45.9 Å². The van der Waals surface area contributed by atoms with E-state index in [0.29, 0.717) is 31.4 Å². The third kappa shape index (κ3) is 5.25. The van der Waals surface area contributed by atoms with Crippen molar-refractivity contribution in [3.8, 4) is 0 Å². The minimum absolute atomic E-state index is 0.112. The van der Waals surface area contributed by atoms with E-state index >= 15 is 0 Å². The first-order valence-corrected chi connectivity index (χ1v) is 12.3. The maximum atomic E-state index is 12.8. The Labute approximate surface area is 202 Å². The number of aryl methyl sites for hydroxylation is 2. The third-order valence-electron chi connectivity index (χ3n) is 6.30. The number of aromatic nitrogens is 2. The topological polar surface area (TPSA) is 82.5 Å². The number of morpholine rings is 1. The van der Waals surface area contributed by atoms with E-state index in [4.69, 9.17) is 4.74 Å². The van der Waals surface area contributed by atoms with Gasteiger partial charge in [-0.2, -0.15) is 0 Å². The number of aromatic amines is 1. The van der Waals surface area contributed by atoms with Crippen LogP contribution in [0.5, 0.6) is 0 Å². The molecule has 178 valence electrons. The molecule has 8 heteroatoms. The van der Waals surface area contributed by atoms with Crippen molar-refractivity contribution in [1.82, 2.24) is 19.8 Å². The molecule has 1 aliphatic heterocycles. The third-order valence-corrected chi connectivity index (χ3v) is 6.76. The van der Waals surface area contributed by atoms with Crippen molar-refractivity contribution in [2.24, 2.45) is 0 Å². The van der Waals surface area contributed by atoms with Gasteiger partial charge in [0.25, 0.3) is 5.56 Å². The maximum absolute atomic E-state index is 12.8. The van der Waals surface area contributed by atoms with Crippen LogP contribution in [0.1, 0.15) is 54.1 Å². The summed E-state index contributed by atoms with van der Waals surface area (Å²) in [5.74, 6) is 0. The van der Waals surface area contributed by atoms with E-state index < -0.39 is 6.23 Å². The van der Waals surface area contributed by atoms with Gasteiger partial charge >= 0.3 is 0 Å². The van der Waals surface area contributed by atoms with Crippen LogP contribution in [0.2, 0.25) is 0 Å². The second kappa shape index (κ2) is 10.1. The second-order valence-corrected chi connectivity index (χ2v) is 10.1. The molecule has 1 fully saturated rings. The lowest BCUT2D eigenvalue weighted by molar-refractivity contribution is 0.0340. The molecule has 3 aromatic rings. The number of nitrogens with one attached hydrogen (secondary N) is 2. The summed E-state index contributed by atoms with van der Waals surface area (Å²) in [6, 6.07) is 6.38. The zero-order valence-electron chi connectivity index (χ0n) is 19.7. The van der Waals surface area contributed by atoms with Crippen LogP contribution in [0.15, 0.2) is 33.7 Å². The summed E-state index contributed by atoms with van der Waals surface area (Å²) < 4.78 is 8.58. The highest BCUT2D eigenvalue weighted by Crippen LogP contribution is 2.33. The van der Waals surface area contributed by atoms with E-state index in [-0.39, 0.29) is 12.1 Å². The Kier molecular flexibility index (Phi) is 7.40. The van der Waals surface area contributed by atoms with Crippen LogP contribution in [0, 0.1) is 13.8 Å². The van der Waals surface area contributed by atoms with Crippen LogP contribution in [0.25, 0.3) is 10.9 Å². The Morgan fingerprint density at radius 2 is 1.94 bits per heavy atom. The van der Waals surface area contributed by atoms with Gasteiger partial charge in [0.15, 0.2) is 0 Å². The molecule has 0 aliphatic carbocycles. The summed E-state index contributed by atoms with van der Waals surface area (Å²) in [4.78, 5) is 18.0. The van der Waals surface area contributed by atoms with E-state index in [0.717, 1.165) is 50.8 Å². The molecule has 0 spiro atoms. The minimum Gasteiger partial charge on any atom is -0.379 e. The van der Waals surface area contributed by atoms with Gasteiger partial charge in [-0.1, -0.05) is 15.9 Å². The zero-order chi connectivity index (χ0) is 23.7. The normalized spacial score (nSPS) is 16.1. The average Bonchev–Trinajstić information content (AvgIpc) is 3.09. The fraction of sp³-hybridized carbons (Fsp3) is 0.480. The standard InChI is InChI=1S/C25H33BrN4O3/c1-15(2)30-13-16(3)23-20(10-19(26)11-22(23)30)24(31)27-12-21-18(9-17(4)28-25(21)32)14-29-5-7-33-8-6-29/h9-11,13,15,24,27,31H,5-8,12,14H2,1-4H3,(H,28,32). The maximum Gasteiger partial charge on any atom is 0.252 e. The monoisotopic (exact) mass is 516 g/mol. The highest BCUT2D eigenvalue weighted by Gasteiger charge is 2.20. The number of ether oxygens (including phenoxy) is 1. The molecule has 4 rings (SSSR count). The summed E-state index contributed by atoms with van der Waals surface area (Å²) in [5.41, 5.74) is 5.37. The SMILES string of the molecule is Cc1cc(CN2CCOCC2)c(CNC(O)c2cc(Br)cc3c2c(C)cn3C(C)C)c(=O)[nH]1. The van der Waals surface area contributed by atoms with Gasteiger partial charge in [0.1, 0.15) is 6.23 Å². The molecule has 1 atom stereocenters. The zero-order valence-corrected chi connectivity index (χ0v) is 21.3. The molecule has 1 saturated heterocycles. The van der Waals surface area contributed by atoms with Gasteiger partial charge < -0.3 is 19.4 Å². The summed E-state index contributed by atoms with van der Waals surface area (Å²) >= 11 is 3.60. The Hall–Kier alpha value is -1.97. The lowest BCUT2D eigenvalue weighted by Gasteiger charge is -2.27. The summed E-state index contributed by atoms with van der Waals surface area (Å²) in [6.07, 6.45) is 1.21.